The Labute approximate surface area is 111 Å². The smallest absolute Gasteiger partial charge is 0.325 e. The summed E-state index contributed by atoms with van der Waals surface area (Å²) in [6.45, 7) is 1.71. The number of hydrogen-bond donors (Lipinski definition) is 3. The van der Waals surface area contributed by atoms with Crippen LogP contribution in [0.3, 0.4) is 0 Å². The van der Waals surface area contributed by atoms with Crippen molar-refractivity contribution in [2.75, 3.05) is 13.2 Å². The first-order chi connectivity index (χ1) is 9.02. The topological polar surface area (TPSA) is 102 Å². The van der Waals surface area contributed by atoms with Crippen molar-refractivity contribution in [3.8, 4) is 5.75 Å². The molecule has 0 radical (unpaired) electrons. The van der Waals surface area contributed by atoms with Gasteiger partial charge in [0, 0.05) is 0 Å². The van der Waals surface area contributed by atoms with Crippen LogP contribution in [0, 0.1) is 0 Å². The van der Waals surface area contributed by atoms with Crippen molar-refractivity contribution in [1.29, 1.82) is 0 Å². The molecule has 1 aromatic rings. The number of nitrogens with two attached hydrogens (primary N) is 1. The molecule has 1 atom stereocenters. The van der Waals surface area contributed by atoms with Gasteiger partial charge in [0.25, 0.3) is 5.91 Å². The Morgan fingerprint density at radius 2 is 2.21 bits per heavy atom. The van der Waals surface area contributed by atoms with E-state index in [9.17, 15) is 9.59 Å². The highest BCUT2D eigenvalue weighted by Gasteiger charge is 2.13. The fraction of sp³-hybridized carbons (Fsp3) is 0.385. The number of carboxylic acids is 1. The van der Waals surface area contributed by atoms with Gasteiger partial charge in [-0.1, -0.05) is 12.1 Å². The molecule has 1 rings (SSSR count). The Morgan fingerprint density at radius 3 is 2.84 bits per heavy atom. The molecule has 0 saturated heterocycles. The standard InChI is InChI=1S/C13H18N2O4/c1-9(13(17)18)15-12(16)8-19-11-4-2-3-10(7-11)5-6-14/h2-4,7,9H,5-6,8,14H2,1H3,(H,15,16)(H,17,18)/t9-/m0/s1. The number of hydrogen-bond acceptors (Lipinski definition) is 4. The molecule has 0 aliphatic heterocycles. The lowest BCUT2D eigenvalue weighted by atomic mass is 10.1. The van der Waals surface area contributed by atoms with Crippen molar-refractivity contribution in [3.05, 3.63) is 29.8 Å². The lowest BCUT2D eigenvalue weighted by molar-refractivity contribution is -0.141. The van der Waals surface area contributed by atoms with Crippen LogP contribution in [0.25, 0.3) is 0 Å². The van der Waals surface area contributed by atoms with Crippen LogP contribution in [-0.4, -0.2) is 36.2 Å². The highest BCUT2D eigenvalue weighted by atomic mass is 16.5. The van der Waals surface area contributed by atoms with Crippen LogP contribution < -0.4 is 15.8 Å². The average Bonchev–Trinajstić information content (AvgIpc) is 2.37. The van der Waals surface area contributed by atoms with Crippen LogP contribution in [0.15, 0.2) is 24.3 Å². The van der Waals surface area contributed by atoms with E-state index in [1.54, 1.807) is 12.1 Å². The minimum absolute atomic E-state index is 0.219. The normalized spacial score (nSPS) is 11.7. The predicted molar refractivity (Wildman–Crippen MR) is 69.9 cm³/mol. The highest BCUT2D eigenvalue weighted by Crippen LogP contribution is 2.13. The van der Waals surface area contributed by atoms with Gasteiger partial charge in [0.2, 0.25) is 0 Å². The van der Waals surface area contributed by atoms with Gasteiger partial charge in [-0.25, -0.2) is 0 Å². The molecular formula is C13H18N2O4. The maximum atomic E-state index is 11.4. The molecule has 0 aliphatic rings. The van der Waals surface area contributed by atoms with Gasteiger partial charge in [-0.05, 0) is 37.6 Å². The Kier molecular flexibility index (Phi) is 5.81. The summed E-state index contributed by atoms with van der Waals surface area (Å²) in [5.41, 5.74) is 6.48. The summed E-state index contributed by atoms with van der Waals surface area (Å²) in [7, 11) is 0. The SMILES string of the molecule is C[C@H](NC(=O)COc1cccc(CCN)c1)C(=O)O. The molecule has 6 heteroatoms. The number of ether oxygens (including phenoxy) is 1. The number of benzene rings is 1. The van der Waals surface area contributed by atoms with Gasteiger partial charge < -0.3 is 20.9 Å². The van der Waals surface area contributed by atoms with E-state index in [1.165, 1.54) is 6.92 Å². The first-order valence-electron chi connectivity index (χ1n) is 5.97. The fourth-order valence-electron chi connectivity index (χ4n) is 1.45. The number of carbonyl (C=O) groups excluding carboxylic acids is 1. The summed E-state index contributed by atoms with van der Waals surface area (Å²) in [5.74, 6) is -0.999. The molecule has 0 saturated carbocycles. The monoisotopic (exact) mass is 266 g/mol. The van der Waals surface area contributed by atoms with E-state index < -0.39 is 17.9 Å². The number of carbonyl (C=O) groups is 2. The second kappa shape index (κ2) is 7.38. The number of nitrogens with one attached hydrogen (secondary N) is 1. The summed E-state index contributed by atoms with van der Waals surface area (Å²) in [5, 5.41) is 11.0. The van der Waals surface area contributed by atoms with E-state index in [2.05, 4.69) is 5.32 Å². The molecule has 1 amide bonds. The van der Waals surface area contributed by atoms with Crippen LogP contribution in [0.5, 0.6) is 5.75 Å². The molecule has 19 heavy (non-hydrogen) atoms. The molecule has 0 spiro atoms. The molecule has 0 fully saturated rings. The molecule has 0 aliphatic carbocycles. The zero-order valence-electron chi connectivity index (χ0n) is 10.8. The van der Waals surface area contributed by atoms with Crippen LogP contribution in [0.2, 0.25) is 0 Å². The number of rotatable bonds is 7. The predicted octanol–water partition coefficient (Wildman–Crippen LogP) is 0.156. The van der Waals surface area contributed by atoms with Crippen LogP contribution >= 0.6 is 0 Å². The number of aliphatic carboxylic acids is 1. The molecule has 6 nitrogen and oxygen atoms in total. The lowest BCUT2D eigenvalue weighted by Gasteiger charge is -2.10. The van der Waals surface area contributed by atoms with E-state index in [1.807, 2.05) is 12.1 Å². The maximum Gasteiger partial charge on any atom is 0.325 e. The van der Waals surface area contributed by atoms with Gasteiger partial charge in [0.05, 0.1) is 0 Å². The minimum Gasteiger partial charge on any atom is -0.484 e. The molecule has 0 bridgehead atoms. The number of amides is 1. The quantitative estimate of drug-likeness (QED) is 0.652. The second-order valence-corrected chi connectivity index (χ2v) is 4.10. The lowest BCUT2D eigenvalue weighted by Crippen LogP contribution is -2.40. The summed E-state index contributed by atoms with van der Waals surface area (Å²) in [6.07, 6.45) is 0.736. The van der Waals surface area contributed by atoms with E-state index >= 15 is 0 Å². The third-order valence-electron chi connectivity index (χ3n) is 2.45. The summed E-state index contributed by atoms with van der Waals surface area (Å²) >= 11 is 0. The Bertz CT molecular complexity index is 448. The number of carboxylic acid groups (broad SMARTS) is 1. The van der Waals surface area contributed by atoms with Crippen molar-refractivity contribution in [2.45, 2.75) is 19.4 Å². The first kappa shape index (κ1) is 15.0. The van der Waals surface area contributed by atoms with Gasteiger partial charge >= 0.3 is 5.97 Å². The first-order valence-corrected chi connectivity index (χ1v) is 5.97. The Balaban J connectivity index is 2.45. The maximum absolute atomic E-state index is 11.4. The van der Waals surface area contributed by atoms with Crippen molar-refractivity contribution < 1.29 is 19.4 Å². The zero-order chi connectivity index (χ0) is 14.3. The molecule has 0 unspecified atom stereocenters. The van der Waals surface area contributed by atoms with Crippen LogP contribution in [0.1, 0.15) is 12.5 Å². The molecule has 4 N–H and O–H groups in total. The largest absolute Gasteiger partial charge is 0.484 e. The molecular weight excluding hydrogens is 248 g/mol. The van der Waals surface area contributed by atoms with Gasteiger partial charge in [-0.2, -0.15) is 0 Å². The van der Waals surface area contributed by atoms with E-state index in [0.29, 0.717) is 12.3 Å². The van der Waals surface area contributed by atoms with Gasteiger partial charge in [-0.15, -0.1) is 0 Å². The minimum atomic E-state index is -1.08. The highest BCUT2D eigenvalue weighted by molar-refractivity contribution is 5.84. The summed E-state index contributed by atoms with van der Waals surface area (Å²) in [6, 6.07) is 6.35. The molecule has 0 aromatic heterocycles. The molecule has 104 valence electrons. The summed E-state index contributed by atoms with van der Waals surface area (Å²) in [4.78, 5) is 22.0. The molecule has 1 aromatic carbocycles. The van der Waals surface area contributed by atoms with Gasteiger partial charge in [-0.3, -0.25) is 9.59 Å². The summed E-state index contributed by atoms with van der Waals surface area (Å²) < 4.78 is 5.29. The van der Waals surface area contributed by atoms with Crippen LogP contribution in [0.4, 0.5) is 0 Å². The third kappa shape index (κ3) is 5.39. The van der Waals surface area contributed by atoms with E-state index in [-0.39, 0.29) is 6.61 Å². The average molecular weight is 266 g/mol. The van der Waals surface area contributed by atoms with Crippen molar-refractivity contribution in [1.82, 2.24) is 5.32 Å². The fourth-order valence-corrected chi connectivity index (χ4v) is 1.45. The van der Waals surface area contributed by atoms with Crippen molar-refractivity contribution >= 4 is 11.9 Å². The Morgan fingerprint density at radius 1 is 1.47 bits per heavy atom. The zero-order valence-corrected chi connectivity index (χ0v) is 10.8. The van der Waals surface area contributed by atoms with Crippen LogP contribution in [-0.2, 0) is 16.0 Å². The van der Waals surface area contributed by atoms with Crippen molar-refractivity contribution in [2.24, 2.45) is 5.73 Å². The van der Waals surface area contributed by atoms with Gasteiger partial charge in [0.1, 0.15) is 11.8 Å². The van der Waals surface area contributed by atoms with E-state index in [4.69, 9.17) is 15.6 Å². The van der Waals surface area contributed by atoms with E-state index in [0.717, 1.165) is 12.0 Å². The Hall–Kier alpha value is -2.08. The van der Waals surface area contributed by atoms with Gasteiger partial charge in [0.15, 0.2) is 6.61 Å². The van der Waals surface area contributed by atoms with Crippen molar-refractivity contribution in [3.63, 3.8) is 0 Å². The third-order valence-corrected chi connectivity index (χ3v) is 2.45. The molecule has 0 heterocycles. The second-order valence-electron chi connectivity index (χ2n) is 4.10.